The second-order valence-electron chi connectivity index (χ2n) is 6.03. The first-order valence-electron chi connectivity index (χ1n) is 8.63. The predicted molar refractivity (Wildman–Crippen MR) is 107 cm³/mol. The standard InChI is InChI=1S/C19H13F2N5O3S/c20-18(21)29-15-8-4-2-5-11(15)14-10-30-19(22-14)23-16(27)9-26-17(28)12-6-1-3-7-13(12)24-25-26/h1-8,10,18H,9H2,(H,22,23,27). The summed E-state index contributed by atoms with van der Waals surface area (Å²) in [5.41, 5.74) is 0.738. The molecule has 0 spiro atoms. The van der Waals surface area contributed by atoms with Gasteiger partial charge in [-0.2, -0.15) is 8.78 Å². The Kier molecular flexibility index (Phi) is 5.44. The summed E-state index contributed by atoms with van der Waals surface area (Å²) in [6, 6.07) is 12.9. The first-order chi connectivity index (χ1) is 14.5. The number of aromatic nitrogens is 4. The highest BCUT2D eigenvalue weighted by Crippen LogP contribution is 2.32. The fourth-order valence-electron chi connectivity index (χ4n) is 2.75. The third kappa shape index (κ3) is 4.15. The highest BCUT2D eigenvalue weighted by atomic mass is 32.1. The zero-order valence-electron chi connectivity index (χ0n) is 15.2. The minimum atomic E-state index is -2.97. The molecule has 30 heavy (non-hydrogen) atoms. The van der Waals surface area contributed by atoms with Crippen LogP contribution >= 0.6 is 11.3 Å². The Labute approximate surface area is 171 Å². The van der Waals surface area contributed by atoms with Crippen molar-refractivity contribution in [1.29, 1.82) is 0 Å². The van der Waals surface area contributed by atoms with Crippen molar-refractivity contribution in [3.8, 4) is 17.0 Å². The van der Waals surface area contributed by atoms with Crippen LogP contribution in [-0.4, -0.2) is 32.5 Å². The monoisotopic (exact) mass is 429 g/mol. The molecule has 2 aromatic carbocycles. The number of halogens is 2. The first kappa shape index (κ1) is 19.6. The van der Waals surface area contributed by atoms with Gasteiger partial charge in [0.1, 0.15) is 17.8 Å². The van der Waals surface area contributed by atoms with E-state index in [0.717, 1.165) is 16.0 Å². The number of rotatable bonds is 6. The largest absolute Gasteiger partial charge is 0.434 e. The van der Waals surface area contributed by atoms with Gasteiger partial charge in [-0.3, -0.25) is 9.59 Å². The maximum atomic E-state index is 12.6. The molecule has 0 aliphatic carbocycles. The lowest BCUT2D eigenvalue weighted by molar-refractivity contribution is -0.117. The van der Waals surface area contributed by atoms with E-state index < -0.39 is 18.1 Å². The normalized spacial score (nSPS) is 11.0. The highest BCUT2D eigenvalue weighted by Gasteiger charge is 2.15. The van der Waals surface area contributed by atoms with Crippen molar-refractivity contribution >= 4 is 33.3 Å². The van der Waals surface area contributed by atoms with Gasteiger partial charge < -0.3 is 10.1 Å². The summed E-state index contributed by atoms with van der Waals surface area (Å²) in [6.45, 7) is -3.32. The zero-order valence-corrected chi connectivity index (χ0v) is 16.0. The summed E-state index contributed by atoms with van der Waals surface area (Å²) in [5, 5.41) is 12.5. The Morgan fingerprint density at radius 1 is 1.17 bits per heavy atom. The molecular formula is C19H13F2N5O3S. The smallest absolute Gasteiger partial charge is 0.387 e. The van der Waals surface area contributed by atoms with Crippen molar-refractivity contribution in [2.75, 3.05) is 5.32 Å². The molecule has 0 fully saturated rings. The summed E-state index contributed by atoms with van der Waals surface area (Å²) in [7, 11) is 0. The molecule has 0 aliphatic heterocycles. The average molecular weight is 429 g/mol. The molecule has 1 amide bonds. The van der Waals surface area contributed by atoms with Gasteiger partial charge in [0, 0.05) is 10.9 Å². The molecule has 8 nitrogen and oxygen atoms in total. The zero-order chi connectivity index (χ0) is 21.1. The fourth-order valence-corrected chi connectivity index (χ4v) is 3.48. The van der Waals surface area contributed by atoms with Gasteiger partial charge in [0.05, 0.1) is 11.1 Å². The number of hydrogen-bond acceptors (Lipinski definition) is 7. The fraction of sp³-hybridized carbons (Fsp3) is 0.105. The van der Waals surface area contributed by atoms with Gasteiger partial charge in [0.15, 0.2) is 5.13 Å². The van der Waals surface area contributed by atoms with Crippen molar-refractivity contribution in [1.82, 2.24) is 20.0 Å². The van der Waals surface area contributed by atoms with Crippen LogP contribution in [0, 0.1) is 0 Å². The third-order valence-electron chi connectivity index (χ3n) is 4.05. The molecule has 0 unspecified atom stereocenters. The van der Waals surface area contributed by atoms with E-state index in [9.17, 15) is 18.4 Å². The van der Waals surface area contributed by atoms with E-state index in [2.05, 4.69) is 25.3 Å². The van der Waals surface area contributed by atoms with Crippen LogP contribution in [0.15, 0.2) is 58.7 Å². The van der Waals surface area contributed by atoms with Crippen LogP contribution in [0.25, 0.3) is 22.2 Å². The molecule has 0 aliphatic rings. The molecule has 1 N–H and O–H groups in total. The van der Waals surface area contributed by atoms with Crippen LogP contribution in [0.4, 0.5) is 13.9 Å². The van der Waals surface area contributed by atoms with Crippen molar-refractivity contribution in [2.24, 2.45) is 0 Å². The SMILES string of the molecule is O=C(Cn1nnc2ccccc2c1=O)Nc1nc(-c2ccccc2OC(F)F)cs1. The Morgan fingerprint density at radius 2 is 1.93 bits per heavy atom. The van der Waals surface area contributed by atoms with E-state index in [-0.39, 0.29) is 17.4 Å². The molecule has 0 saturated heterocycles. The molecule has 0 atom stereocenters. The number of nitrogens with zero attached hydrogens (tertiary/aromatic N) is 4. The number of alkyl halides is 2. The molecule has 4 aromatic rings. The second-order valence-corrected chi connectivity index (χ2v) is 6.89. The summed E-state index contributed by atoms with van der Waals surface area (Å²) < 4.78 is 30.7. The van der Waals surface area contributed by atoms with Gasteiger partial charge in [-0.15, -0.1) is 16.4 Å². The van der Waals surface area contributed by atoms with Crippen molar-refractivity contribution < 1.29 is 18.3 Å². The van der Waals surface area contributed by atoms with Gasteiger partial charge in [-0.1, -0.05) is 29.5 Å². The van der Waals surface area contributed by atoms with E-state index in [1.165, 1.54) is 6.07 Å². The summed E-state index contributed by atoms with van der Waals surface area (Å²) >= 11 is 1.11. The van der Waals surface area contributed by atoms with Crippen molar-refractivity contribution in [3.63, 3.8) is 0 Å². The molecule has 152 valence electrons. The lowest BCUT2D eigenvalue weighted by Gasteiger charge is -2.08. The molecule has 11 heteroatoms. The Bertz CT molecular complexity index is 1270. The maximum absolute atomic E-state index is 12.6. The lowest BCUT2D eigenvalue weighted by atomic mass is 10.1. The van der Waals surface area contributed by atoms with Gasteiger partial charge in [0.25, 0.3) is 5.56 Å². The highest BCUT2D eigenvalue weighted by molar-refractivity contribution is 7.14. The Hall–Kier alpha value is -3.73. The minimum absolute atomic E-state index is 0.0198. The van der Waals surface area contributed by atoms with Gasteiger partial charge in [-0.25, -0.2) is 9.67 Å². The van der Waals surface area contributed by atoms with Gasteiger partial charge in [0.2, 0.25) is 5.91 Å². The van der Waals surface area contributed by atoms with Crippen molar-refractivity contribution in [2.45, 2.75) is 13.2 Å². The molecule has 2 heterocycles. The lowest BCUT2D eigenvalue weighted by Crippen LogP contribution is -2.30. The number of carbonyl (C=O) groups excluding carboxylic acids is 1. The quantitative estimate of drug-likeness (QED) is 0.506. The number of amides is 1. The van der Waals surface area contributed by atoms with Gasteiger partial charge >= 0.3 is 6.61 Å². The number of nitrogens with one attached hydrogen (secondary N) is 1. The first-order valence-corrected chi connectivity index (χ1v) is 9.51. The van der Waals surface area contributed by atoms with E-state index in [1.807, 2.05) is 0 Å². The van der Waals surface area contributed by atoms with Crippen LogP contribution < -0.4 is 15.6 Å². The Morgan fingerprint density at radius 3 is 2.77 bits per heavy atom. The number of ether oxygens (including phenoxy) is 1. The summed E-state index contributed by atoms with van der Waals surface area (Å²) in [6.07, 6.45) is 0. The van der Waals surface area contributed by atoms with Gasteiger partial charge in [-0.05, 0) is 24.3 Å². The number of para-hydroxylation sites is 1. The molecule has 0 saturated carbocycles. The predicted octanol–water partition coefficient (Wildman–Crippen LogP) is 3.16. The van der Waals surface area contributed by atoms with E-state index in [1.54, 1.807) is 47.8 Å². The number of benzene rings is 2. The third-order valence-corrected chi connectivity index (χ3v) is 4.81. The molecule has 4 rings (SSSR count). The van der Waals surface area contributed by atoms with Crippen LogP contribution in [0.1, 0.15) is 0 Å². The topological polar surface area (TPSA) is 99.0 Å². The molecule has 0 bridgehead atoms. The second kappa shape index (κ2) is 8.33. The van der Waals surface area contributed by atoms with Crippen LogP contribution in [0.3, 0.4) is 0 Å². The van der Waals surface area contributed by atoms with Crippen LogP contribution in [-0.2, 0) is 11.3 Å². The molecule has 2 aromatic heterocycles. The number of fused-ring (bicyclic) bond motifs is 1. The van der Waals surface area contributed by atoms with Crippen molar-refractivity contribution in [3.05, 3.63) is 64.3 Å². The maximum Gasteiger partial charge on any atom is 0.387 e. The number of anilines is 1. The summed E-state index contributed by atoms with van der Waals surface area (Å²) in [4.78, 5) is 29.0. The van der Waals surface area contributed by atoms with E-state index >= 15 is 0 Å². The Balaban J connectivity index is 1.50. The minimum Gasteiger partial charge on any atom is -0.434 e. The van der Waals surface area contributed by atoms with Crippen LogP contribution in [0.2, 0.25) is 0 Å². The average Bonchev–Trinajstić information content (AvgIpc) is 3.18. The van der Waals surface area contributed by atoms with E-state index in [0.29, 0.717) is 22.2 Å². The number of hydrogen-bond donors (Lipinski definition) is 1. The molecule has 0 radical (unpaired) electrons. The summed E-state index contributed by atoms with van der Waals surface area (Å²) in [5.74, 6) is -0.548. The molecular weight excluding hydrogens is 416 g/mol. The number of thiazole rings is 1. The van der Waals surface area contributed by atoms with E-state index in [4.69, 9.17) is 0 Å². The number of carbonyl (C=O) groups is 1. The van der Waals surface area contributed by atoms with Crippen LogP contribution in [0.5, 0.6) is 5.75 Å².